The largest absolute Gasteiger partial charge is 0.457 e. The number of carbonyl (C=O) groups is 2. The van der Waals surface area contributed by atoms with Gasteiger partial charge in [-0.3, -0.25) is 4.79 Å². The summed E-state index contributed by atoms with van der Waals surface area (Å²) in [6.07, 6.45) is 4.27. The van der Waals surface area contributed by atoms with Gasteiger partial charge in [-0.1, -0.05) is 54.6 Å². The molecule has 0 aliphatic heterocycles. The van der Waals surface area contributed by atoms with E-state index in [2.05, 4.69) is 18.2 Å². The Labute approximate surface area is 177 Å². The van der Waals surface area contributed by atoms with Crippen LogP contribution in [0.5, 0.6) is 0 Å². The lowest BCUT2D eigenvalue weighted by Gasteiger charge is -2.21. The fourth-order valence-corrected chi connectivity index (χ4v) is 3.95. The van der Waals surface area contributed by atoms with Crippen molar-refractivity contribution in [2.45, 2.75) is 39.3 Å². The minimum atomic E-state index is -0.400. The molecule has 0 saturated carbocycles. The molecule has 4 rings (SSSR count). The van der Waals surface area contributed by atoms with Crippen LogP contribution in [-0.4, -0.2) is 12.4 Å². The summed E-state index contributed by atoms with van der Waals surface area (Å²) >= 11 is 0. The van der Waals surface area contributed by atoms with E-state index in [0.29, 0.717) is 12.1 Å². The second kappa shape index (κ2) is 8.95. The summed E-state index contributed by atoms with van der Waals surface area (Å²) in [7, 11) is 0. The second-order valence-electron chi connectivity index (χ2n) is 7.75. The minimum absolute atomic E-state index is 0.218. The molecule has 4 heteroatoms. The molecule has 0 spiro atoms. The molecule has 3 aromatic carbocycles. The van der Waals surface area contributed by atoms with E-state index < -0.39 is 5.97 Å². The Morgan fingerprint density at radius 2 is 1.77 bits per heavy atom. The molecule has 152 valence electrons. The lowest BCUT2D eigenvalue weighted by Crippen LogP contribution is -2.22. The quantitative estimate of drug-likeness (QED) is 0.415. The smallest absolute Gasteiger partial charge is 0.338 e. The standard InChI is InChI=1S/C26H25NO3/c1-19-10-12-24(26(29)30-17-20-6-3-2-4-7-20)15-25(19)27(18-28)16-21-11-13-22-8-5-9-23(22)14-21/h2-4,6-7,10-15,18H,5,8-9,16-17H2,1H3. The van der Waals surface area contributed by atoms with Crippen molar-refractivity contribution in [3.63, 3.8) is 0 Å². The highest BCUT2D eigenvalue weighted by Crippen LogP contribution is 2.26. The molecule has 30 heavy (non-hydrogen) atoms. The third-order valence-corrected chi connectivity index (χ3v) is 5.61. The van der Waals surface area contributed by atoms with Gasteiger partial charge in [-0.2, -0.15) is 0 Å². The monoisotopic (exact) mass is 399 g/mol. The Kier molecular flexibility index (Phi) is 5.94. The van der Waals surface area contributed by atoms with Crippen molar-refractivity contribution < 1.29 is 14.3 Å². The first-order valence-electron chi connectivity index (χ1n) is 10.3. The normalized spacial score (nSPS) is 12.3. The predicted octanol–water partition coefficient (Wildman–Crippen LogP) is 5.00. The number of hydrogen-bond donors (Lipinski definition) is 0. The molecular formula is C26H25NO3. The topological polar surface area (TPSA) is 46.6 Å². The zero-order valence-electron chi connectivity index (χ0n) is 17.1. The van der Waals surface area contributed by atoms with E-state index in [1.54, 1.807) is 17.0 Å². The van der Waals surface area contributed by atoms with Gasteiger partial charge in [0.15, 0.2) is 0 Å². The summed E-state index contributed by atoms with van der Waals surface area (Å²) in [6.45, 7) is 2.63. The third kappa shape index (κ3) is 4.43. The number of carbonyl (C=O) groups excluding carboxylic acids is 2. The number of ether oxygens (including phenoxy) is 1. The molecule has 0 saturated heterocycles. The van der Waals surface area contributed by atoms with Crippen molar-refractivity contribution in [3.8, 4) is 0 Å². The van der Waals surface area contributed by atoms with Crippen LogP contribution in [0.2, 0.25) is 0 Å². The summed E-state index contributed by atoms with van der Waals surface area (Å²) in [6, 6.07) is 21.4. The number of fused-ring (bicyclic) bond motifs is 1. The highest BCUT2D eigenvalue weighted by atomic mass is 16.5. The van der Waals surface area contributed by atoms with Gasteiger partial charge in [0.2, 0.25) is 6.41 Å². The van der Waals surface area contributed by atoms with Gasteiger partial charge in [-0.25, -0.2) is 4.79 Å². The number of rotatable bonds is 7. The van der Waals surface area contributed by atoms with E-state index in [-0.39, 0.29) is 6.61 Å². The maximum Gasteiger partial charge on any atom is 0.338 e. The van der Waals surface area contributed by atoms with Crippen LogP contribution in [0.4, 0.5) is 5.69 Å². The first kappa shape index (κ1) is 19.9. The molecule has 0 heterocycles. The molecule has 3 aromatic rings. The Hall–Kier alpha value is -3.40. The number of benzene rings is 3. The molecule has 0 unspecified atom stereocenters. The lowest BCUT2D eigenvalue weighted by molar-refractivity contribution is -0.107. The van der Waals surface area contributed by atoms with Gasteiger partial charge in [0.1, 0.15) is 6.61 Å². The highest BCUT2D eigenvalue weighted by molar-refractivity contribution is 5.92. The Balaban J connectivity index is 1.50. The Bertz CT molecular complexity index is 1060. The van der Waals surface area contributed by atoms with Gasteiger partial charge in [0, 0.05) is 5.69 Å². The molecule has 0 N–H and O–H groups in total. The van der Waals surface area contributed by atoms with Crippen LogP contribution in [0, 0.1) is 6.92 Å². The van der Waals surface area contributed by atoms with Crippen molar-refractivity contribution in [2.24, 2.45) is 0 Å². The third-order valence-electron chi connectivity index (χ3n) is 5.61. The molecule has 0 fully saturated rings. The molecule has 1 aliphatic rings. The highest BCUT2D eigenvalue weighted by Gasteiger charge is 2.16. The molecule has 0 bridgehead atoms. The van der Waals surface area contributed by atoms with Crippen LogP contribution in [0.3, 0.4) is 0 Å². The summed E-state index contributed by atoms with van der Waals surface area (Å²) in [5.41, 5.74) is 6.92. The van der Waals surface area contributed by atoms with Crippen LogP contribution in [0.1, 0.15) is 44.6 Å². The molecule has 1 amide bonds. The predicted molar refractivity (Wildman–Crippen MR) is 117 cm³/mol. The van der Waals surface area contributed by atoms with Gasteiger partial charge < -0.3 is 9.64 Å². The lowest BCUT2D eigenvalue weighted by atomic mass is 10.0. The molecule has 0 radical (unpaired) electrons. The first-order valence-corrected chi connectivity index (χ1v) is 10.3. The number of esters is 1. The molecule has 4 nitrogen and oxygen atoms in total. The fraction of sp³-hybridized carbons (Fsp3) is 0.231. The van der Waals surface area contributed by atoms with E-state index in [0.717, 1.165) is 41.6 Å². The van der Waals surface area contributed by atoms with E-state index in [9.17, 15) is 9.59 Å². The SMILES string of the molecule is Cc1ccc(C(=O)OCc2ccccc2)cc1N(C=O)Cc1ccc2c(c1)CCC2. The van der Waals surface area contributed by atoms with Gasteiger partial charge in [-0.05, 0) is 66.1 Å². The zero-order chi connectivity index (χ0) is 20.9. The van der Waals surface area contributed by atoms with E-state index in [1.807, 2.05) is 43.3 Å². The molecule has 0 atom stereocenters. The molecule has 0 aromatic heterocycles. The summed E-state index contributed by atoms with van der Waals surface area (Å²) in [5.74, 6) is -0.400. The van der Waals surface area contributed by atoms with E-state index >= 15 is 0 Å². The molecular weight excluding hydrogens is 374 g/mol. The zero-order valence-corrected chi connectivity index (χ0v) is 17.1. The molecule has 1 aliphatic carbocycles. The van der Waals surface area contributed by atoms with Gasteiger partial charge >= 0.3 is 5.97 Å². The van der Waals surface area contributed by atoms with Crippen molar-refractivity contribution in [2.75, 3.05) is 4.90 Å². The van der Waals surface area contributed by atoms with Crippen LogP contribution in [-0.2, 0) is 35.5 Å². The van der Waals surface area contributed by atoms with Crippen LogP contribution in [0.25, 0.3) is 0 Å². The summed E-state index contributed by atoms with van der Waals surface area (Å²) in [5, 5.41) is 0. The van der Waals surface area contributed by atoms with Crippen molar-refractivity contribution in [1.82, 2.24) is 0 Å². The second-order valence-corrected chi connectivity index (χ2v) is 7.75. The average molecular weight is 399 g/mol. The van der Waals surface area contributed by atoms with Crippen LogP contribution in [0.15, 0.2) is 66.7 Å². The minimum Gasteiger partial charge on any atom is -0.457 e. The Morgan fingerprint density at radius 3 is 2.57 bits per heavy atom. The summed E-state index contributed by atoms with van der Waals surface area (Å²) < 4.78 is 5.45. The van der Waals surface area contributed by atoms with Crippen molar-refractivity contribution in [1.29, 1.82) is 0 Å². The summed E-state index contributed by atoms with van der Waals surface area (Å²) in [4.78, 5) is 26.1. The van der Waals surface area contributed by atoms with Gasteiger partial charge in [0.25, 0.3) is 0 Å². The van der Waals surface area contributed by atoms with E-state index in [4.69, 9.17) is 4.74 Å². The van der Waals surface area contributed by atoms with Crippen molar-refractivity contribution >= 4 is 18.1 Å². The fourth-order valence-electron chi connectivity index (χ4n) is 3.95. The maximum absolute atomic E-state index is 12.5. The van der Waals surface area contributed by atoms with Crippen molar-refractivity contribution in [3.05, 3.63) is 100 Å². The Morgan fingerprint density at radius 1 is 0.967 bits per heavy atom. The van der Waals surface area contributed by atoms with Gasteiger partial charge in [0.05, 0.1) is 12.1 Å². The first-order chi connectivity index (χ1) is 14.6. The van der Waals surface area contributed by atoms with Crippen LogP contribution < -0.4 is 4.90 Å². The number of amides is 1. The number of nitrogens with zero attached hydrogens (tertiary/aromatic N) is 1. The maximum atomic E-state index is 12.5. The number of hydrogen-bond acceptors (Lipinski definition) is 3. The average Bonchev–Trinajstić information content (AvgIpc) is 3.25. The van der Waals surface area contributed by atoms with E-state index in [1.165, 1.54) is 17.5 Å². The number of anilines is 1. The van der Waals surface area contributed by atoms with Gasteiger partial charge in [-0.15, -0.1) is 0 Å². The van der Waals surface area contributed by atoms with Crippen LogP contribution >= 0.6 is 0 Å². The number of aryl methyl sites for hydroxylation is 3.